The van der Waals surface area contributed by atoms with Gasteiger partial charge in [-0.2, -0.15) is 0 Å². The second-order valence-electron chi connectivity index (χ2n) is 5.37. The van der Waals surface area contributed by atoms with Crippen LogP contribution in [-0.4, -0.2) is 19.2 Å². The van der Waals surface area contributed by atoms with Gasteiger partial charge >= 0.3 is 6.09 Å². The Morgan fingerprint density at radius 2 is 1.73 bits per heavy atom. The highest BCUT2D eigenvalue weighted by atomic mass is 16.5. The highest BCUT2D eigenvalue weighted by Crippen LogP contribution is 2.22. The van der Waals surface area contributed by atoms with E-state index in [9.17, 15) is 4.79 Å². The number of carbonyl (C=O) groups excluding carboxylic acids is 1. The van der Waals surface area contributed by atoms with Crippen LogP contribution in [-0.2, 0) is 11.3 Å². The molecule has 2 rings (SSSR count). The molecule has 0 fully saturated rings. The molecule has 4 nitrogen and oxygen atoms in total. The minimum atomic E-state index is -0.460. The Kier molecular flexibility index (Phi) is 5.42. The summed E-state index contributed by atoms with van der Waals surface area (Å²) in [6.07, 6.45) is -0.460. The molecule has 2 aromatic rings. The van der Waals surface area contributed by atoms with Crippen molar-refractivity contribution in [2.24, 2.45) is 0 Å². The number of carbonyl (C=O) groups is 1. The lowest BCUT2D eigenvalue weighted by molar-refractivity contribution is 0.187. The molecule has 0 aliphatic heterocycles. The first-order valence-corrected chi connectivity index (χ1v) is 7.35. The highest BCUT2D eigenvalue weighted by Gasteiger charge is 2.11. The molecule has 0 aromatic heterocycles. The Labute approximate surface area is 131 Å². The molecular weight excluding hydrogens is 276 g/mol. The van der Waals surface area contributed by atoms with Gasteiger partial charge in [0.25, 0.3) is 0 Å². The third-order valence-corrected chi connectivity index (χ3v) is 3.45. The van der Waals surface area contributed by atoms with Gasteiger partial charge in [0.05, 0.1) is 7.11 Å². The minimum Gasteiger partial charge on any atom is -0.453 e. The number of methoxy groups -OCH3 is 1. The lowest BCUT2D eigenvalue weighted by Gasteiger charge is -2.29. The van der Waals surface area contributed by atoms with Gasteiger partial charge in [0.1, 0.15) is 0 Å². The largest absolute Gasteiger partial charge is 0.453 e. The zero-order valence-electron chi connectivity index (χ0n) is 13.2. The molecule has 0 atom stereocenters. The SMILES string of the molecule is COC(=O)Nc1ccc(N(Cc2ccccc2)C(C)C)cc1. The van der Waals surface area contributed by atoms with Gasteiger partial charge in [-0.1, -0.05) is 30.3 Å². The Balaban J connectivity index is 2.13. The van der Waals surface area contributed by atoms with E-state index >= 15 is 0 Å². The molecule has 0 saturated heterocycles. The van der Waals surface area contributed by atoms with Crippen LogP contribution in [0, 0.1) is 0 Å². The van der Waals surface area contributed by atoms with Crippen LogP contribution < -0.4 is 10.2 Å². The smallest absolute Gasteiger partial charge is 0.411 e. The van der Waals surface area contributed by atoms with Crippen molar-refractivity contribution in [3.05, 3.63) is 60.2 Å². The van der Waals surface area contributed by atoms with E-state index in [1.165, 1.54) is 12.7 Å². The van der Waals surface area contributed by atoms with Gasteiger partial charge in [-0.15, -0.1) is 0 Å². The molecule has 116 valence electrons. The molecule has 0 unspecified atom stereocenters. The van der Waals surface area contributed by atoms with Crippen LogP contribution >= 0.6 is 0 Å². The zero-order valence-corrected chi connectivity index (χ0v) is 13.2. The van der Waals surface area contributed by atoms with Crippen molar-refractivity contribution in [3.8, 4) is 0 Å². The summed E-state index contributed by atoms with van der Waals surface area (Å²) in [6, 6.07) is 18.5. The van der Waals surface area contributed by atoms with E-state index in [4.69, 9.17) is 0 Å². The van der Waals surface area contributed by atoms with Gasteiger partial charge in [0.15, 0.2) is 0 Å². The molecule has 0 bridgehead atoms. The fraction of sp³-hybridized carbons (Fsp3) is 0.278. The van der Waals surface area contributed by atoms with Crippen molar-refractivity contribution in [3.63, 3.8) is 0 Å². The molecule has 0 aliphatic carbocycles. The second-order valence-corrected chi connectivity index (χ2v) is 5.37. The predicted octanol–water partition coefficient (Wildman–Crippen LogP) is 4.28. The van der Waals surface area contributed by atoms with Gasteiger partial charge in [0.2, 0.25) is 0 Å². The summed E-state index contributed by atoms with van der Waals surface area (Å²) in [4.78, 5) is 13.5. The van der Waals surface area contributed by atoms with Gasteiger partial charge < -0.3 is 9.64 Å². The standard InChI is InChI=1S/C18H22N2O2/c1-14(2)20(13-15-7-5-4-6-8-15)17-11-9-16(10-12-17)19-18(21)22-3/h4-12,14H,13H2,1-3H3,(H,19,21). The van der Waals surface area contributed by atoms with Crippen LogP contribution in [0.2, 0.25) is 0 Å². The molecule has 2 aromatic carbocycles. The quantitative estimate of drug-likeness (QED) is 0.895. The van der Waals surface area contributed by atoms with Crippen LogP contribution in [0.3, 0.4) is 0 Å². The highest BCUT2D eigenvalue weighted by molar-refractivity contribution is 5.84. The van der Waals surface area contributed by atoms with Crippen LogP contribution in [0.15, 0.2) is 54.6 Å². The van der Waals surface area contributed by atoms with Gasteiger partial charge in [-0.25, -0.2) is 4.79 Å². The van der Waals surface area contributed by atoms with E-state index < -0.39 is 6.09 Å². The normalized spacial score (nSPS) is 10.4. The maximum Gasteiger partial charge on any atom is 0.411 e. The topological polar surface area (TPSA) is 41.6 Å². The number of benzene rings is 2. The number of amides is 1. The summed E-state index contributed by atoms with van der Waals surface area (Å²) in [7, 11) is 1.35. The lowest BCUT2D eigenvalue weighted by Crippen LogP contribution is -2.30. The first kappa shape index (κ1) is 15.9. The maximum absolute atomic E-state index is 11.2. The number of ether oxygens (including phenoxy) is 1. The van der Waals surface area contributed by atoms with Crippen molar-refractivity contribution in [1.29, 1.82) is 0 Å². The Morgan fingerprint density at radius 1 is 1.09 bits per heavy atom. The molecule has 1 N–H and O–H groups in total. The molecule has 0 saturated carbocycles. The van der Waals surface area contributed by atoms with Crippen molar-refractivity contribution in [2.45, 2.75) is 26.4 Å². The predicted molar refractivity (Wildman–Crippen MR) is 90.2 cm³/mol. The number of hydrogen-bond donors (Lipinski definition) is 1. The monoisotopic (exact) mass is 298 g/mol. The van der Waals surface area contributed by atoms with Gasteiger partial charge in [-0.3, -0.25) is 5.32 Å². The molecule has 4 heteroatoms. The Bertz CT molecular complexity index is 594. The lowest BCUT2D eigenvalue weighted by atomic mass is 10.1. The average Bonchev–Trinajstić information content (AvgIpc) is 2.54. The average molecular weight is 298 g/mol. The fourth-order valence-electron chi connectivity index (χ4n) is 2.26. The zero-order chi connectivity index (χ0) is 15.9. The summed E-state index contributed by atoms with van der Waals surface area (Å²) < 4.78 is 4.59. The maximum atomic E-state index is 11.2. The number of nitrogens with zero attached hydrogens (tertiary/aromatic N) is 1. The van der Waals surface area contributed by atoms with E-state index in [2.05, 4.69) is 53.1 Å². The number of anilines is 2. The van der Waals surface area contributed by atoms with Crippen LogP contribution in [0.5, 0.6) is 0 Å². The van der Waals surface area contributed by atoms with Crippen molar-refractivity contribution < 1.29 is 9.53 Å². The summed E-state index contributed by atoms with van der Waals surface area (Å²) in [6.45, 7) is 5.19. The molecule has 0 spiro atoms. The van der Waals surface area contributed by atoms with Crippen LogP contribution in [0.4, 0.5) is 16.2 Å². The van der Waals surface area contributed by atoms with E-state index in [0.717, 1.165) is 17.9 Å². The number of hydrogen-bond acceptors (Lipinski definition) is 3. The van der Waals surface area contributed by atoms with E-state index in [1.54, 1.807) is 0 Å². The van der Waals surface area contributed by atoms with Crippen molar-refractivity contribution in [1.82, 2.24) is 0 Å². The second kappa shape index (κ2) is 7.50. The fourth-order valence-corrected chi connectivity index (χ4v) is 2.26. The summed E-state index contributed by atoms with van der Waals surface area (Å²) in [5, 5.41) is 2.66. The number of rotatable bonds is 5. The summed E-state index contributed by atoms with van der Waals surface area (Å²) in [5.74, 6) is 0. The molecular formula is C18H22N2O2. The number of nitrogens with one attached hydrogen (secondary N) is 1. The molecule has 0 heterocycles. The first-order chi connectivity index (χ1) is 10.6. The molecule has 1 amide bonds. The van der Waals surface area contributed by atoms with Crippen LogP contribution in [0.25, 0.3) is 0 Å². The third-order valence-electron chi connectivity index (χ3n) is 3.45. The Morgan fingerprint density at radius 3 is 2.27 bits per heavy atom. The summed E-state index contributed by atoms with van der Waals surface area (Å²) in [5.41, 5.74) is 3.11. The molecule has 0 radical (unpaired) electrons. The van der Waals surface area contributed by atoms with Gasteiger partial charge in [0, 0.05) is 24.0 Å². The van der Waals surface area contributed by atoms with E-state index in [1.807, 2.05) is 30.3 Å². The van der Waals surface area contributed by atoms with Crippen molar-refractivity contribution in [2.75, 3.05) is 17.3 Å². The van der Waals surface area contributed by atoms with E-state index in [-0.39, 0.29) is 0 Å². The van der Waals surface area contributed by atoms with Crippen molar-refractivity contribution >= 4 is 17.5 Å². The van der Waals surface area contributed by atoms with E-state index in [0.29, 0.717) is 6.04 Å². The first-order valence-electron chi connectivity index (χ1n) is 7.35. The minimum absolute atomic E-state index is 0.375. The molecule has 0 aliphatic rings. The summed E-state index contributed by atoms with van der Waals surface area (Å²) >= 11 is 0. The van der Waals surface area contributed by atoms with Crippen LogP contribution in [0.1, 0.15) is 19.4 Å². The Hall–Kier alpha value is -2.49. The molecule has 22 heavy (non-hydrogen) atoms. The third kappa shape index (κ3) is 4.25. The van der Waals surface area contributed by atoms with Gasteiger partial charge in [-0.05, 0) is 43.7 Å².